The summed E-state index contributed by atoms with van der Waals surface area (Å²) in [6.45, 7) is 3.67. The number of rotatable bonds is 2. The first-order valence-corrected chi connectivity index (χ1v) is 4.88. The fraction of sp³-hybridized carbons (Fsp3) is 0.250. The van der Waals surface area contributed by atoms with Crippen LogP contribution in [0.5, 0.6) is 0 Å². The number of benzene rings is 1. The van der Waals surface area contributed by atoms with Crippen molar-refractivity contribution in [3.63, 3.8) is 0 Å². The van der Waals surface area contributed by atoms with Gasteiger partial charge in [0.15, 0.2) is 0 Å². The van der Waals surface area contributed by atoms with E-state index in [0.717, 1.165) is 11.1 Å². The number of oxazole rings is 1. The van der Waals surface area contributed by atoms with Gasteiger partial charge in [-0.1, -0.05) is 18.2 Å². The van der Waals surface area contributed by atoms with Gasteiger partial charge < -0.3 is 9.52 Å². The van der Waals surface area contributed by atoms with E-state index in [4.69, 9.17) is 4.42 Å². The molecule has 0 fully saturated rings. The average Bonchev–Trinajstić information content (AvgIpc) is 2.67. The summed E-state index contributed by atoms with van der Waals surface area (Å²) >= 11 is 0. The molecule has 1 heterocycles. The summed E-state index contributed by atoms with van der Waals surface area (Å²) < 4.78 is 5.32. The van der Waals surface area contributed by atoms with Gasteiger partial charge in [0.1, 0.15) is 12.0 Å². The molecule has 0 amide bonds. The molecule has 3 nitrogen and oxygen atoms in total. The largest absolute Gasteiger partial charge is 0.444 e. The zero-order chi connectivity index (χ0) is 10.8. The summed E-state index contributed by atoms with van der Waals surface area (Å²) in [4.78, 5) is 4.22. The van der Waals surface area contributed by atoms with Crippen molar-refractivity contribution < 1.29 is 9.52 Å². The molecule has 1 unspecified atom stereocenters. The molecule has 15 heavy (non-hydrogen) atoms. The van der Waals surface area contributed by atoms with E-state index in [2.05, 4.69) is 4.98 Å². The van der Waals surface area contributed by atoms with E-state index >= 15 is 0 Å². The number of aliphatic hydroxyl groups excluding tert-OH is 1. The van der Waals surface area contributed by atoms with Crippen LogP contribution < -0.4 is 0 Å². The molecule has 0 spiro atoms. The van der Waals surface area contributed by atoms with Crippen molar-refractivity contribution in [1.82, 2.24) is 4.98 Å². The predicted octanol–water partition coefficient (Wildman–Crippen LogP) is 2.70. The molecule has 0 aliphatic rings. The second-order valence-electron chi connectivity index (χ2n) is 3.57. The zero-order valence-corrected chi connectivity index (χ0v) is 8.77. The predicted molar refractivity (Wildman–Crippen MR) is 57.3 cm³/mol. The van der Waals surface area contributed by atoms with Gasteiger partial charge in [0.25, 0.3) is 0 Å². The van der Waals surface area contributed by atoms with E-state index in [1.54, 1.807) is 6.92 Å². The Morgan fingerprint density at radius 2 is 2.07 bits per heavy atom. The first kappa shape index (κ1) is 9.93. The number of aryl methyl sites for hydroxylation is 1. The van der Waals surface area contributed by atoms with E-state index in [0.29, 0.717) is 11.6 Å². The zero-order valence-electron chi connectivity index (χ0n) is 8.77. The molecule has 2 aromatic rings. The molecule has 1 aromatic carbocycles. The van der Waals surface area contributed by atoms with Crippen molar-refractivity contribution >= 4 is 0 Å². The van der Waals surface area contributed by atoms with Gasteiger partial charge in [0, 0.05) is 5.56 Å². The van der Waals surface area contributed by atoms with E-state index in [9.17, 15) is 5.11 Å². The monoisotopic (exact) mass is 203 g/mol. The van der Waals surface area contributed by atoms with Gasteiger partial charge in [-0.05, 0) is 25.5 Å². The molecule has 0 radical (unpaired) electrons. The molecule has 0 saturated carbocycles. The summed E-state index contributed by atoms with van der Waals surface area (Å²) in [6, 6.07) is 7.86. The lowest BCUT2D eigenvalue weighted by Gasteiger charge is -1.99. The van der Waals surface area contributed by atoms with Crippen molar-refractivity contribution in [1.29, 1.82) is 0 Å². The molecule has 0 aliphatic heterocycles. The fourth-order valence-electron chi connectivity index (χ4n) is 1.41. The third-order valence-electron chi connectivity index (χ3n) is 2.33. The van der Waals surface area contributed by atoms with Gasteiger partial charge in [-0.25, -0.2) is 4.98 Å². The minimum Gasteiger partial charge on any atom is -0.444 e. The van der Waals surface area contributed by atoms with E-state index in [-0.39, 0.29) is 0 Å². The second-order valence-corrected chi connectivity index (χ2v) is 3.57. The summed E-state index contributed by atoms with van der Waals surface area (Å²) in [5, 5.41) is 9.33. The molecule has 2 rings (SSSR count). The van der Waals surface area contributed by atoms with Crippen LogP contribution in [0, 0.1) is 6.92 Å². The molecule has 78 valence electrons. The van der Waals surface area contributed by atoms with Gasteiger partial charge in [-0.3, -0.25) is 0 Å². The molecule has 3 heteroatoms. The van der Waals surface area contributed by atoms with Crippen molar-refractivity contribution in [3.8, 4) is 11.5 Å². The van der Waals surface area contributed by atoms with Gasteiger partial charge in [0.2, 0.25) is 5.89 Å². The Hall–Kier alpha value is -1.61. The summed E-state index contributed by atoms with van der Waals surface area (Å²) in [6.07, 6.45) is 0.901. The van der Waals surface area contributed by atoms with Crippen LogP contribution >= 0.6 is 0 Å². The van der Waals surface area contributed by atoms with Crippen molar-refractivity contribution in [2.45, 2.75) is 20.0 Å². The molecule has 0 saturated heterocycles. The summed E-state index contributed by atoms with van der Waals surface area (Å²) in [5.41, 5.74) is 2.63. The average molecular weight is 203 g/mol. The molecule has 1 aromatic heterocycles. The van der Waals surface area contributed by atoms with E-state index in [1.807, 2.05) is 31.2 Å². The van der Waals surface area contributed by atoms with Crippen LogP contribution in [0.15, 0.2) is 34.9 Å². The number of hydrogen-bond acceptors (Lipinski definition) is 3. The molecular weight excluding hydrogens is 190 g/mol. The Bertz CT molecular complexity index is 460. The van der Waals surface area contributed by atoms with Crippen molar-refractivity contribution in [3.05, 3.63) is 41.8 Å². The first-order valence-electron chi connectivity index (χ1n) is 4.88. The second kappa shape index (κ2) is 3.87. The third-order valence-corrected chi connectivity index (χ3v) is 2.33. The standard InChI is InChI=1S/C12H13NO2/c1-8-5-3-4-6-10(8)12-13-11(7-15-12)9(2)14/h3-7,9,14H,1-2H3. The number of hydrogen-bond donors (Lipinski definition) is 1. The minimum absolute atomic E-state index is 0.559. The van der Waals surface area contributed by atoms with Crippen LogP contribution in [0.3, 0.4) is 0 Å². The van der Waals surface area contributed by atoms with E-state index in [1.165, 1.54) is 6.26 Å². The molecule has 0 bridgehead atoms. The smallest absolute Gasteiger partial charge is 0.226 e. The number of nitrogens with zero attached hydrogens (tertiary/aromatic N) is 1. The van der Waals surface area contributed by atoms with E-state index < -0.39 is 6.10 Å². The normalized spacial score (nSPS) is 12.7. The van der Waals surface area contributed by atoms with Gasteiger partial charge in [-0.15, -0.1) is 0 Å². The van der Waals surface area contributed by atoms with Crippen LogP contribution in [-0.4, -0.2) is 10.1 Å². The Morgan fingerprint density at radius 3 is 2.67 bits per heavy atom. The Morgan fingerprint density at radius 1 is 1.33 bits per heavy atom. The highest BCUT2D eigenvalue weighted by molar-refractivity contribution is 5.58. The van der Waals surface area contributed by atoms with Crippen molar-refractivity contribution in [2.75, 3.05) is 0 Å². The Balaban J connectivity index is 2.42. The van der Waals surface area contributed by atoms with Gasteiger partial charge >= 0.3 is 0 Å². The molecular formula is C12H13NO2. The lowest BCUT2D eigenvalue weighted by molar-refractivity contribution is 0.194. The summed E-state index contributed by atoms with van der Waals surface area (Å²) in [7, 11) is 0. The highest BCUT2D eigenvalue weighted by Crippen LogP contribution is 2.23. The quantitative estimate of drug-likeness (QED) is 0.816. The molecule has 1 N–H and O–H groups in total. The SMILES string of the molecule is Cc1ccccc1-c1nc(C(C)O)co1. The topological polar surface area (TPSA) is 46.3 Å². The lowest BCUT2D eigenvalue weighted by Crippen LogP contribution is -1.90. The third kappa shape index (κ3) is 1.92. The highest BCUT2D eigenvalue weighted by Gasteiger charge is 2.11. The Labute approximate surface area is 88.4 Å². The number of aromatic nitrogens is 1. The molecule has 0 aliphatic carbocycles. The maximum Gasteiger partial charge on any atom is 0.226 e. The van der Waals surface area contributed by atoms with Gasteiger partial charge in [0.05, 0.1) is 6.10 Å². The maximum absolute atomic E-state index is 9.33. The van der Waals surface area contributed by atoms with Crippen LogP contribution in [-0.2, 0) is 0 Å². The Kier molecular flexibility index (Phi) is 2.56. The van der Waals surface area contributed by atoms with Crippen LogP contribution in [0.25, 0.3) is 11.5 Å². The minimum atomic E-state index is -0.591. The summed E-state index contributed by atoms with van der Waals surface area (Å²) in [5.74, 6) is 0.559. The molecule has 1 atom stereocenters. The van der Waals surface area contributed by atoms with Crippen LogP contribution in [0.4, 0.5) is 0 Å². The van der Waals surface area contributed by atoms with Crippen LogP contribution in [0.1, 0.15) is 24.3 Å². The fourth-order valence-corrected chi connectivity index (χ4v) is 1.41. The van der Waals surface area contributed by atoms with Gasteiger partial charge in [-0.2, -0.15) is 0 Å². The van der Waals surface area contributed by atoms with Crippen molar-refractivity contribution in [2.24, 2.45) is 0 Å². The maximum atomic E-state index is 9.33. The lowest BCUT2D eigenvalue weighted by atomic mass is 10.1. The first-order chi connectivity index (χ1) is 7.18. The number of aliphatic hydroxyl groups is 1. The van der Waals surface area contributed by atoms with Crippen LogP contribution in [0.2, 0.25) is 0 Å². The highest BCUT2D eigenvalue weighted by atomic mass is 16.3.